The molecule has 4 N–H and O–H groups in total. The van der Waals surface area contributed by atoms with Gasteiger partial charge in [0.25, 0.3) is 0 Å². The highest BCUT2D eigenvalue weighted by Gasteiger charge is 2.31. The molecule has 1 aliphatic rings. The maximum absolute atomic E-state index is 12.7. The van der Waals surface area contributed by atoms with Crippen LogP contribution in [0, 0.1) is 0 Å². The Morgan fingerprint density at radius 2 is 1.82 bits per heavy atom. The van der Waals surface area contributed by atoms with Crippen molar-refractivity contribution in [2.45, 2.75) is 12.6 Å². The number of nitrogen functional groups attached to an aromatic ring is 1. The topological polar surface area (TPSA) is 81.6 Å². The molecule has 0 aromatic heterocycles. The number of amides is 1. The maximum Gasteiger partial charge on any atom is 0.416 e. The van der Waals surface area contributed by atoms with Gasteiger partial charge in [0.15, 0.2) is 0 Å². The number of benzene rings is 1. The van der Waals surface area contributed by atoms with Crippen molar-refractivity contribution in [1.29, 1.82) is 0 Å². The second-order valence-electron chi connectivity index (χ2n) is 4.80. The number of halogens is 3. The molecular formula is C14H20F3N3O2. The molecule has 1 aromatic carbocycles. The number of morpholine rings is 1. The van der Waals surface area contributed by atoms with Crippen LogP contribution in [0.1, 0.15) is 11.1 Å². The number of alkyl halides is 3. The minimum Gasteiger partial charge on any atom is -0.399 e. The van der Waals surface area contributed by atoms with E-state index < -0.39 is 11.7 Å². The molecule has 0 bridgehead atoms. The average Bonchev–Trinajstić information content (AvgIpc) is 2.46. The Kier molecular flexibility index (Phi) is 7.13. The molecule has 0 radical (unpaired) electrons. The average molecular weight is 319 g/mol. The van der Waals surface area contributed by atoms with E-state index in [1.807, 2.05) is 0 Å². The Hall–Kier alpha value is -1.80. The Bertz CT molecular complexity index is 475. The molecule has 1 amide bonds. The maximum atomic E-state index is 12.7. The summed E-state index contributed by atoms with van der Waals surface area (Å²) in [7, 11) is 0. The lowest BCUT2D eigenvalue weighted by Crippen LogP contribution is -2.37. The zero-order valence-corrected chi connectivity index (χ0v) is 12.1. The molecule has 0 aliphatic carbocycles. The Balaban J connectivity index is 0.000000745. The molecule has 1 aromatic rings. The molecular weight excluding hydrogens is 299 g/mol. The first-order chi connectivity index (χ1) is 10.4. The monoisotopic (exact) mass is 319 g/mol. The Morgan fingerprint density at radius 3 is 2.36 bits per heavy atom. The first kappa shape index (κ1) is 18.2. The normalized spacial score (nSPS) is 15.8. The first-order valence-electron chi connectivity index (χ1n) is 6.79. The van der Waals surface area contributed by atoms with Gasteiger partial charge in [-0.2, -0.15) is 13.2 Å². The van der Waals surface area contributed by atoms with Gasteiger partial charge in [-0.15, -0.1) is 0 Å². The molecule has 124 valence electrons. The molecule has 5 nitrogen and oxygen atoms in total. The molecule has 0 atom stereocenters. The summed E-state index contributed by atoms with van der Waals surface area (Å²) in [5.74, 6) is 0. The van der Waals surface area contributed by atoms with Crippen LogP contribution >= 0.6 is 0 Å². The molecule has 1 heterocycles. The number of nitrogens with two attached hydrogens (primary N) is 2. The number of anilines is 1. The smallest absolute Gasteiger partial charge is 0.399 e. The summed E-state index contributed by atoms with van der Waals surface area (Å²) >= 11 is 0. The summed E-state index contributed by atoms with van der Waals surface area (Å²) in [4.78, 5) is 10.8. The van der Waals surface area contributed by atoms with Crippen LogP contribution in [0.25, 0.3) is 0 Å². The molecule has 2 rings (SSSR count). The van der Waals surface area contributed by atoms with E-state index in [9.17, 15) is 13.2 Å². The highest BCUT2D eigenvalue weighted by atomic mass is 19.4. The van der Waals surface area contributed by atoms with Crippen molar-refractivity contribution in [3.63, 3.8) is 0 Å². The molecule has 1 saturated heterocycles. The fourth-order valence-electron chi connectivity index (χ4n) is 2.14. The molecule has 22 heavy (non-hydrogen) atoms. The number of primary amides is 1. The lowest BCUT2D eigenvalue weighted by atomic mass is 10.1. The van der Waals surface area contributed by atoms with Gasteiger partial charge in [0.05, 0.1) is 18.8 Å². The Morgan fingerprint density at radius 1 is 1.23 bits per heavy atom. The Labute approximate surface area is 127 Å². The van der Waals surface area contributed by atoms with Gasteiger partial charge >= 0.3 is 6.18 Å². The van der Waals surface area contributed by atoms with E-state index in [2.05, 4.69) is 10.6 Å². The fraction of sp³-hybridized carbons (Fsp3) is 0.500. The number of rotatable bonds is 3. The minimum atomic E-state index is -4.34. The van der Waals surface area contributed by atoms with Crippen molar-refractivity contribution >= 4 is 12.1 Å². The minimum absolute atomic E-state index is 0.159. The van der Waals surface area contributed by atoms with E-state index in [1.54, 1.807) is 6.07 Å². The summed E-state index contributed by atoms with van der Waals surface area (Å²) in [6.07, 6.45) is -3.53. The van der Waals surface area contributed by atoms with Gasteiger partial charge in [-0.1, -0.05) is 0 Å². The third kappa shape index (κ3) is 6.31. The van der Waals surface area contributed by atoms with Crippen molar-refractivity contribution in [2.75, 3.05) is 38.6 Å². The van der Waals surface area contributed by atoms with Crippen LogP contribution in [0.4, 0.5) is 18.9 Å². The van der Waals surface area contributed by atoms with E-state index in [4.69, 9.17) is 15.3 Å². The van der Waals surface area contributed by atoms with Crippen LogP contribution < -0.4 is 11.5 Å². The van der Waals surface area contributed by atoms with E-state index in [0.29, 0.717) is 25.2 Å². The lowest BCUT2D eigenvalue weighted by molar-refractivity contribution is -0.137. The second-order valence-corrected chi connectivity index (χ2v) is 4.80. The standard InChI is InChI=1S/C13H17F3N2O.CH3NO/c14-13(15,16)11-7-10(8-12(17)9-11)1-2-18-3-5-19-6-4-18;2-1-3/h7-9H,1-6,17H2;1H,(H2,2,3). The van der Waals surface area contributed by atoms with Crippen LogP contribution in [0.5, 0.6) is 0 Å². The molecule has 0 spiro atoms. The number of carbonyl (C=O) groups excluding carboxylic acids is 1. The van der Waals surface area contributed by atoms with Crippen molar-refractivity contribution in [3.05, 3.63) is 29.3 Å². The third-order valence-electron chi connectivity index (χ3n) is 3.16. The van der Waals surface area contributed by atoms with Crippen molar-refractivity contribution in [3.8, 4) is 0 Å². The van der Waals surface area contributed by atoms with Gasteiger partial charge in [-0.05, 0) is 30.2 Å². The van der Waals surface area contributed by atoms with Crippen molar-refractivity contribution < 1.29 is 22.7 Å². The first-order valence-corrected chi connectivity index (χ1v) is 6.79. The fourth-order valence-corrected chi connectivity index (χ4v) is 2.14. The van der Waals surface area contributed by atoms with Crippen LogP contribution in [0.3, 0.4) is 0 Å². The predicted octanol–water partition coefficient (Wildman–Crippen LogP) is 1.26. The quantitative estimate of drug-likeness (QED) is 0.649. The summed E-state index contributed by atoms with van der Waals surface area (Å²) in [5, 5.41) is 0. The molecule has 8 heteroatoms. The van der Waals surface area contributed by atoms with Gasteiger partial charge in [-0.3, -0.25) is 9.69 Å². The van der Waals surface area contributed by atoms with Gasteiger partial charge < -0.3 is 16.2 Å². The van der Waals surface area contributed by atoms with Gasteiger partial charge in [0.2, 0.25) is 6.41 Å². The van der Waals surface area contributed by atoms with E-state index in [1.165, 1.54) is 6.07 Å². The van der Waals surface area contributed by atoms with Gasteiger partial charge in [-0.25, -0.2) is 0 Å². The number of carbonyl (C=O) groups is 1. The predicted molar refractivity (Wildman–Crippen MR) is 77.1 cm³/mol. The SMILES string of the molecule is NC=O.Nc1cc(CCN2CCOCC2)cc(C(F)(F)F)c1. The highest BCUT2D eigenvalue weighted by molar-refractivity contribution is 5.45. The number of ether oxygens (including phenoxy) is 1. The number of nitrogens with zero attached hydrogens (tertiary/aromatic N) is 1. The molecule has 1 aliphatic heterocycles. The zero-order chi connectivity index (χ0) is 16.6. The molecule has 0 unspecified atom stereocenters. The van der Waals surface area contributed by atoms with Gasteiger partial charge in [0, 0.05) is 25.3 Å². The highest BCUT2D eigenvalue weighted by Crippen LogP contribution is 2.31. The summed E-state index contributed by atoms with van der Waals surface area (Å²) in [5.41, 5.74) is 9.80. The number of hydrogen-bond donors (Lipinski definition) is 2. The summed E-state index contributed by atoms with van der Waals surface area (Å²) in [6, 6.07) is 3.75. The van der Waals surface area contributed by atoms with Crippen molar-refractivity contribution in [1.82, 2.24) is 4.90 Å². The second kappa shape index (κ2) is 8.60. The summed E-state index contributed by atoms with van der Waals surface area (Å²) < 4.78 is 43.2. The molecule has 1 fully saturated rings. The summed E-state index contributed by atoms with van der Waals surface area (Å²) in [6.45, 7) is 3.75. The van der Waals surface area contributed by atoms with Crippen LogP contribution in [-0.2, 0) is 22.1 Å². The lowest BCUT2D eigenvalue weighted by Gasteiger charge is -2.26. The van der Waals surface area contributed by atoms with E-state index in [-0.39, 0.29) is 12.1 Å². The van der Waals surface area contributed by atoms with Crippen LogP contribution in [0.2, 0.25) is 0 Å². The van der Waals surface area contributed by atoms with Crippen molar-refractivity contribution in [2.24, 2.45) is 5.73 Å². The van der Waals surface area contributed by atoms with Gasteiger partial charge in [0.1, 0.15) is 0 Å². The van der Waals surface area contributed by atoms with Crippen LogP contribution in [0.15, 0.2) is 18.2 Å². The molecule has 0 saturated carbocycles. The zero-order valence-electron chi connectivity index (χ0n) is 12.1. The van der Waals surface area contributed by atoms with E-state index >= 15 is 0 Å². The number of hydrogen-bond acceptors (Lipinski definition) is 4. The third-order valence-corrected chi connectivity index (χ3v) is 3.16. The van der Waals surface area contributed by atoms with Crippen LogP contribution in [-0.4, -0.2) is 44.2 Å². The van der Waals surface area contributed by atoms with E-state index in [0.717, 1.165) is 25.7 Å². The largest absolute Gasteiger partial charge is 0.416 e.